The van der Waals surface area contributed by atoms with Gasteiger partial charge in [-0.1, -0.05) is 48.5 Å². The Morgan fingerprint density at radius 2 is 1.27 bits per heavy atom. The van der Waals surface area contributed by atoms with Gasteiger partial charge in [-0.15, -0.1) is 0 Å². The van der Waals surface area contributed by atoms with E-state index in [0.717, 1.165) is 11.8 Å². The number of nitrogens with one attached hydrogen (secondary N) is 2. The molecule has 4 bridgehead atoms. The maximum Gasteiger partial charge on any atom is 0.320 e. The number of rotatable bonds is 5. The maximum atomic E-state index is 14.4. The van der Waals surface area contributed by atoms with Crippen molar-refractivity contribution in [1.29, 1.82) is 0 Å². The summed E-state index contributed by atoms with van der Waals surface area (Å²) in [7, 11) is 0. The first-order chi connectivity index (χ1) is 19.5. The first kappa shape index (κ1) is 24.9. The number of hydrogen-bond acceptors (Lipinski definition) is 3. The summed E-state index contributed by atoms with van der Waals surface area (Å²) in [6, 6.07) is 24.0. The van der Waals surface area contributed by atoms with Gasteiger partial charge in [-0.3, -0.25) is 14.5 Å². The lowest BCUT2D eigenvalue weighted by Gasteiger charge is -2.55. The van der Waals surface area contributed by atoms with E-state index in [-0.39, 0.29) is 5.91 Å². The lowest BCUT2D eigenvalue weighted by Crippen LogP contribution is -2.57. The summed E-state index contributed by atoms with van der Waals surface area (Å²) in [6.45, 7) is 0.568. The molecule has 7 nitrogen and oxygen atoms in total. The van der Waals surface area contributed by atoms with Crippen LogP contribution in [-0.4, -0.2) is 30.4 Å². The fourth-order valence-electron chi connectivity index (χ4n) is 8.03. The van der Waals surface area contributed by atoms with Crippen LogP contribution in [0.3, 0.4) is 0 Å². The quantitative estimate of drug-likeness (QED) is 0.396. The molecular weight excluding hydrogens is 500 g/mol. The predicted octanol–water partition coefficient (Wildman–Crippen LogP) is 5.96. The van der Waals surface area contributed by atoms with Crippen LogP contribution in [-0.2, 0) is 9.59 Å². The molecule has 4 amide bonds. The third kappa shape index (κ3) is 4.43. The van der Waals surface area contributed by atoms with E-state index in [0.29, 0.717) is 47.0 Å². The molecule has 0 saturated heterocycles. The zero-order chi connectivity index (χ0) is 27.2. The lowest BCUT2D eigenvalue weighted by atomic mass is 9.52. The number of urea groups is 1. The fraction of sp³-hybridized carbons (Fsp3) is 0.364. The first-order valence-corrected chi connectivity index (χ1v) is 14.5. The molecule has 4 aliphatic carbocycles. The van der Waals surface area contributed by atoms with Crippen LogP contribution in [0.5, 0.6) is 0 Å². The highest BCUT2D eigenvalue weighted by atomic mass is 16.2. The normalized spacial score (nSPS) is 28.7. The predicted molar refractivity (Wildman–Crippen MR) is 155 cm³/mol. The third-order valence-corrected chi connectivity index (χ3v) is 9.53. The minimum atomic E-state index is -1.37. The highest BCUT2D eigenvalue weighted by Crippen LogP contribution is 2.57. The summed E-state index contributed by atoms with van der Waals surface area (Å²) in [5, 5.41) is 5.51. The molecule has 5 aliphatic rings. The van der Waals surface area contributed by atoms with Crippen molar-refractivity contribution in [3.05, 3.63) is 84.9 Å². The summed E-state index contributed by atoms with van der Waals surface area (Å²) >= 11 is 0. The van der Waals surface area contributed by atoms with Crippen molar-refractivity contribution in [3.8, 4) is 0 Å². The van der Waals surface area contributed by atoms with Gasteiger partial charge in [0.1, 0.15) is 0 Å². The van der Waals surface area contributed by atoms with Gasteiger partial charge < -0.3 is 15.5 Å². The molecule has 1 aliphatic heterocycles. The number of carbonyl (C=O) groups excluding carboxylic acids is 3. The van der Waals surface area contributed by atoms with Gasteiger partial charge in [-0.2, -0.15) is 0 Å². The van der Waals surface area contributed by atoms with E-state index in [4.69, 9.17) is 0 Å². The second-order valence-electron chi connectivity index (χ2n) is 11.9. The van der Waals surface area contributed by atoms with Crippen LogP contribution in [0.15, 0.2) is 84.9 Å². The maximum absolute atomic E-state index is 14.4. The van der Waals surface area contributed by atoms with Gasteiger partial charge in [0.25, 0.3) is 11.8 Å². The molecule has 4 fully saturated rings. The number of carbonyl (C=O) groups is 3. The average molecular weight is 535 g/mol. The second-order valence-corrected chi connectivity index (χ2v) is 11.9. The van der Waals surface area contributed by atoms with E-state index in [1.54, 1.807) is 21.9 Å². The Balaban J connectivity index is 1.26. The number of anilines is 4. The van der Waals surface area contributed by atoms with E-state index < -0.39 is 18.0 Å². The highest BCUT2D eigenvalue weighted by Gasteiger charge is 2.50. The fourth-order valence-corrected chi connectivity index (χ4v) is 8.03. The third-order valence-electron chi connectivity index (χ3n) is 9.53. The zero-order valence-corrected chi connectivity index (χ0v) is 22.4. The van der Waals surface area contributed by atoms with Crippen molar-refractivity contribution in [3.63, 3.8) is 0 Å². The standard InChI is InChI=1S/C33H34N4O3/c38-31-30(35-33(40)34-25-9-3-1-4-10-25)32(39)37(26-11-5-2-6-12-26)29-14-8-7-13-28(29)36(31)20-27-23-16-21-15-22(18-23)19-24(27)17-21/h1-14,21-24,27,30H,15-20H2,(H2,34,35,40). The molecule has 40 heavy (non-hydrogen) atoms. The van der Waals surface area contributed by atoms with Gasteiger partial charge in [0.05, 0.1) is 11.4 Å². The molecule has 1 unspecified atom stereocenters. The van der Waals surface area contributed by atoms with Gasteiger partial charge >= 0.3 is 6.03 Å². The van der Waals surface area contributed by atoms with Crippen LogP contribution in [0, 0.1) is 29.6 Å². The smallest absolute Gasteiger partial charge is 0.318 e. The Kier molecular flexibility index (Phi) is 6.29. The summed E-state index contributed by atoms with van der Waals surface area (Å²) in [6.07, 6.45) is 6.36. The summed E-state index contributed by atoms with van der Waals surface area (Å²) in [4.78, 5) is 45.1. The topological polar surface area (TPSA) is 81.8 Å². The first-order valence-electron chi connectivity index (χ1n) is 14.5. The molecule has 1 heterocycles. The number of amides is 4. The van der Waals surface area contributed by atoms with E-state index in [1.165, 1.54) is 32.1 Å². The van der Waals surface area contributed by atoms with Gasteiger partial charge in [0, 0.05) is 17.9 Å². The summed E-state index contributed by atoms with van der Waals surface area (Å²) in [5.74, 6) is 2.45. The molecule has 1 atom stereocenters. The molecule has 3 aromatic rings. The van der Waals surface area contributed by atoms with Crippen LogP contribution in [0.2, 0.25) is 0 Å². The average Bonchev–Trinajstić information content (AvgIpc) is 3.04. The van der Waals surface area contributed by atoms with Gasteiger partial charge in [0.2, 0.25) is 0 Å². The molecule has 4 saturated carbocycles. The number of nitrogens with zero attached hydrogens (tertiary/aromatic N) is 2. The van der Waals surface area contributed by atoms with Crippen molar-refractivity contribution in [2.75, 3.05) is 21.7 Å². The summed E-state index contributed by atoms with van der Waals surface area (Å²) in [5.41, 5.74) is 2.61. The monoisotopic (exact) mass is 534 g/mol. The lowest BCUT2D eigenvalue weighted by molar-refractivity contribution is -0.128. The molecule has 2 N–H and O–H groups in total. The molecule has 0 aromatic heterocycles. The van der Waals surface area contributed by atoms with Crippen molar-refractivity contribution in [1.82, 2.24) is 5.32 Å². The van der Waals surface area contributed by atoms with Gasteiger partial charge in [-0.25, -0.2) is 4.79 Å². The molecular formula is C33H34N4O3. The Labute approximate surface area is 234 Å². The van der Waals surface area contributed by atoms with Crippen molar-refractivity contribution in [2.24, 2.45) is 29.6 Å². The van der Waals surface area contributed by atoms with Crippen molar-refractivity contribution in [2.45, 2.75) is 38.1 Å². The SMILES string of the molecule is O=C(Nc1ccccc1)NC1C(=O)N(CC2C3CC4CC(C3)CC2C4)c2ccccc2N(c2ccccc2)C1=O. The van der Waals surface area contributed by atoms with Crippen LogP contribution >= 0.6 is 0 Å². The van der Waals surface area contributed by atoms with Gasteiger partial charge in [-0.05, 0) is 98.1 Å². The molecule has 3 aromatic carbocycles. The van der Waals surface area contributed by atoms with E-state index in [9.17, 15) is 14.4 Å². The van der Waals surface area contributed by atoms with Crippen LogP contribution < -0.4 is 20.4 Å². The Morgan fingerprint density at radius 3 is 1.93 bits per heavy atom. The van der Waals surface area contributed by atoms with Crippen LogP contribution in [0.4, 0.5) is 27.5 Å². The summed E-state index contributed by atoms with van der Waals surface area (Å²) < 4.78 is 0. The molecule has 0 radical (unpaired) electrons. The molecule has 204 valence electrons. The Bertz CT molecular complexity index is 1400. The van der Waals surface area contributed by atoms with Crippen LogP contribution in [0.25, 0.3) is 0 Å². The zero-order valence-electron chi connectivity index (χ0n) is 22.4. The van der Waals surface area contributed by atoms with E-state index in [2.05, 4.69) is 10.6 Å². The van der Waals surface area contributed by atoms with E-state index in [1.807, 2.05) is 72.8 Å². The van der Waals surface area contributed by atoms with E-state index >= 15 is 0 Å². The largest absolute Gasteiger partial charge is 0.320 e. The van der Waals surface area contributed by atoms with Gasteiger partial charge in [0.15, 0.2) is 6.04 Å². The van der Waals surface area contributed by atoms with Crippen LogP contribution in [0.1, 0.15) is 32.1 Å². The minimum Gasteiger partial charge on any atom is -0.318 e. The molecule has 7 heteroatoms. The van der Waals surface area contributed by atoms with Crippen molar-refractivity contribution >= 4 is 40.6 Å². The number of hydrogen-bond donors (Lipinski definition) is 2. The Morgan fingerprint density at radius 1 is 0.700 bits per heavy atom. The molecule has 0 spiro atoms. The highest BCUT2D eigenvalue weighted by molar-refractivity contribution is 6.24. The Hall–Kier alpha value is -4.13. The number of benzene rings is 3. The van der Waals surface area contributed by atoms with Crippen molar-refractivity contribution < 1.29 is 14.4 Å². The molecule has 8 rings (SSSR count). The minimum absolute atomic E-state index is 0.382. The number of para-hydroxylation sites is 4. The second kappa shape index (κ2) is 10.1. The number of fused-ring (bicyclic) bond motifs is 1.